The molecule has 0 spiro atoms. The summed E-state index contributed by atoms with van der Waals surface area (Å²) in [5, 5.41) is 5.73. The number of thiophene rings is 1. The quantitative estimate of drug-likeness (QED) is 0.368. The van der Waals surface area contributed by atoms with Crippen LogP contribution >= 0.6 is 22.9 Å². The molecule has 2 aliphatic heterocycles. The topological polar surface area (TPSA) is 79.0 Å². The Kier molecular flexibility index (Phi) is 9.18. The molecule has 3 aromatic rings. The van der Waals surface area contributed by atoms with E-state index in [0.29, 0.717) is 36.1 Å². The maximum absolute atomic E-state index is 14.5. The van der Waals surface area contributed by atoms with Crippen molar-refractivity contribution in [1.29, 1.82) is 0 Å². The van der Waals surface area contributed by atoms with Crippen molar-refractivity contribution in [2.75, 3.05) is 39.9 Å². The minimum atomic E-state index is -0.888. The van der Waals surface area contributed by atoms with Gasteiger partial charge < -0.3 is 19.9 Å². The first-order chi connectivity index (χ1) is 20.1. The summed E-state index contributed by atoms with van der Waals surface area (Å²) in [6.07, 6.45) is 0. The summed E-state index contributed by atoms with van der Waals surface area (Å²) in [5.74, 6) is -1.84. The first-order valence-electron chi connectivity index (χ1n) is 14.3. The Hall–Kier alpha value is -3.04. The third-order valence-electron chi connectivity index (χ3n) is 8.34. The number of piperazine rings is 1. The van der Waals surface area contributed by atoms with Crippen molar-refractivity contribution in [3.8, 4) is 0 Å². The molecule has 5 rings (SSSR count). The summed E-state index contributed by atoms with van der Waals surface area (Å²) in [5.41, 5.74) is 2.70. The number of amides is 2. The van der Waals surface area contributed by atoms with Crippen LogP contribution in [0.3, 0.4) is 0 Å². The van der Waals surface area contributed by atoms with Crippen molar-refractivity contribution in [2.45, 2.75) is 44.2 Å². The molecule has 2 amide bonds. The van der Waals surface area contributed by atoms with E-state index in [1.165, 1.54) is 18.4 Å². The fraction of sp³-hybridized carbons (Fsp3) is 0.424. The number of rotatable bonds is 7. The third-order valence-corrected chi connectivity index (χ3v) is 9.48. The molecule has 2 saturated heterocycles. The van der Waals surface area contributed by atoms with Crippen LogP contribution in [0.15, 0.2) is 66.0 Å². The number of carbonyl (C=O) groups excluding carboxylic acids is 3. The molecule has 0 bridgehead atoms. The highest BCUT2D eigenvalue weighted by Gasteiger charge is 2.58. The van der Waals surface area contributed by atoms with Gasteiger partial charge in [-0.2, -0.15) is 0 Å². The van der Waals surface area contributed by atoms with Crippen molar-refractivity contribution in [3.63, 3.8) is 0 Å². The van der Waals surface area contributed by atoms with Gasteiger partial charge in [-0.25, -0.2) is 0 Å². The Morgan fingerprint density at radius 2 is 1.62 bits per heavy atom. The number of carbonyl (C=O) groups is 3. The molecular formula is C33H38ClN3O4S. The zero-order valence-electron chi connectivity index (χ0n) is 24.5. The lowest BCUT2D eigenvalue weighted by atomic mass is 9.76. The maximum Gasteiger partial charge on any atom is 0.249 e. The van der Waals surface area contributed by atoms with Gasteiger partial charge in [0.2, 0.25) is 11.8 Å². The van der Waals surface area contributed by atoms with E-state index in [4.69, 9.17) is 16.3 Å². The Bertz CT molecular complexity index is 1400. The van der Waals surface area contributed by atoms with Gasteiger partial charge in [-0.15, -0.1) is 11.3 Å². The summed E-state index contributed by atoms with van der Waals surface area (Å²) in [6, 6.07) is 17.5. The number of benzene rings is 2. The van der Waals surface area contributed by atoms with Crippen molar-refractivity contribution < 1.29 is 19.1 Å². The van der Waals surface area contributed by atoms with Crippen LogP contribution in [0.5, 0.6) is 0 Å². The number of hydrogen-bond acceptors (Lipinski definition) is 6. The van der Waals surface area contributed by atoms with Crippen LogP contribution in [0.25, 0.3) is 0 Å². The van der Waals surface area contributed by atoms with Gasteiger partial charge in [0, 0.05) is 44.2 Å². The summed E-state index contributed by atoms with van der Waals surface area (Å²) in [6.45, 7) is 8.67. The van der Waals surface area contributed by atoms with E-state index >= 15 is 0 Å². The number of likely N-dealkylation sites (tertiary alicyclic amines) is 1. The second-order valence-corrected chi connectivity index (χ2v) is 13.4. The predicted octanol–water partition coefficient (Wildman–Crippen LogP) is 5.31. The smallest absolute Gasteiger partial charge is 0.249 e. The normalized spacial score (nSPS) is 22.8. The van der Waals surface area contributed by atoms with Gasteiger partial charge in [0.05, 0.1) is 16.8 Å². The molecule has 0 saturated carbocycles. The van der Waals surface area contributed by atoms with E-state index in [2.05, 4.69) is 38.2 Å². The number of nitrogens with one attached hydrogen (secondary N) is 1. The fourth-order valence-corrected chi connectivity index (χ4v) is 7.12. The van der Waals surface area contributed by atoms with E-state index in [9.17, 15) is 14.4 Å². The Morgan fingerprint density at radius 3 is 2.19 bits per heavy atom. The van der Waals surface area contributed by atoms with Gasteiger partial charge in [0.15, 0.2) is 5.78 Å². The number of nitrogens with zero attached hydrogens (tertiary/aromatic N) is 2. The molecule has 4 unspecified atom stereocenters. The number of ether oxygens (including phenoxy) is 1. The lowest BCUT2D eigenvalue weighted by molar-refractivity contribution is -0.148. The van der Waals surface area contributed by atoms with Gasteiger partial charge in [0.25, 0.3) is 0 Å². The minimum absolute atomic E-state index is 0.0667. The first kappa shape index (κ1) is 30.4. The zero-order chi connectivity index (χ0) is 30.0. The lowest BCUT2D eigenvalue weighted by Gasteiger charge is -2.36. The molecule has 2 fully saturated rings. The highest BCUT2D eigenvalue weighted by molar-refractivity contribution is 7.12. The molecule has 4 atom stereocenters. The molecule has 3 heterocycles. The number of hydrogen-bond donors (Lipinski definition) is 1. The third kappa shape index (κ3) is 6.04. The SMILES string of the molecule is COCC(=O)N1C(C(=O)N2CCNCC2)C(c2ccc(C(C)(C)C)cc2)C(C(=O)c2cccs2)C1c1ccc(Cl)cc1. The van der Waals surface area contributed by atoms with Gasteiger partial charge >= 0.3 is 0 Å². The average Bonchev–Trinajstić information content (AvgIpc) is 3.64. The van der Waals surface area contributed by atoms with E-state index in [1.54, 1.807) is 17.0 Å². The summed E-state index contributed by atoms with van der Waals surface area (Å²) in [7, 11) is 1.47. The van der Waals surface area contributed by atoms with E-state index in [-0.39, 0.29) is 29.6 Å². The van der Waals surface area contributed by atoms with E-state index in [1.807, 2.05) is 46.7 Å². The minimum Gasteiger partial charge on any atom is -0.375 e. The molecule has 42 heavy (non-hydrogen) atoms. The Balaban J connectivity index is 1.74. The van der Waals surface area contributed by atoms with Gasteiger partial charge in [-0.1, -0.05) is 74.8 Å². The van der Waals surface area contributed by atoms with Crippen molar-refractivity contribution in [2.24, 2.45) is 5.92 Å². The zero-order valence-corrected chi connectivity index (χ0v) is 26.1. The maximum atomic E-state index is 14.5. The fourth-order valence-electron chi connectivity index (χ4n) is 6.28. The molecule has 0 radical (unpaired) electrons. The van der Waals surface area contributed by atoms with Crippen LogP contribution in [-0.4, -0.2) is 73.3 Å². The average molecular weight is 608 g/mol. The van der Waals surface area contributed by atoms with Crippen LogP contribution in [0, 0.1) is 5.92 Å². The van der Waals surface area contributed by atoms with Crippen LogP contribution in [0.4, 0.5) is 0 Å². The molecule has 1 aromatic heterocycles. The Labute approximate surface area is 256 Å². The molecule has 222 valence electrons. The number of methoxy groups -OCH3 is 1. The van der Waals surface area contributed by atoms with Crippen LogP contribution in [0.2, 0.25) is 5.02 Å². The van der Waals surface area contributed by atoms with Crippen LogP contribution in [0.1, 0.15) is 59.1 Å². The molecule has 7 nitrogen and oxygen atoms in total. The predicted molar refractivity (Wildman–Crippen MR) is 166 cm³/mol. The van der Waals surface area contributed by atoms with E-state index in [0.717, 1.165) is 16.7 Å². The number of Topliss-reactive ketones (excluding diaryl/α,β-unsaturated/α-hetero) is 1. The number of halogens is 1. The van der Waals surface area contributed by atoms with Crippen LogP contribution in [-0.2, 0) is 19.7 Å². The van der Waals surface area contributed by atoms with Gasteiger partial charge in [0.1, 0.15) is 12.6 Å². The summed E-state index contributed by atoms with van der Waals surface area (Å²) >= 11 is 7.65. The van der Waals surface area contributed by atoms with Gasteiger partial charge in [-0.3, -0.25) is 14.4 Å². The van der Waals surface area contributed by atoms with Gasteiger partial charge in [-0.05, 0) is 45.7 Å². The first-order valence-corrected chi connectivity index (χ1v) is 15.6. The number of ketones is 1. The second-order valence-electron chi connectivity index (χ2n) is 12.0. The standard InChI is InChI=1S/C33H38ClN3O4S/c1-33(2,3)23-11-7-21(8-12-23)27-28(31(39)25-6-5-19-42-25)29(22-9-13-24(34)14-10-22)37(26(38)20-41-4)30(27)32(40)36-17-15-35-16-18-36/h5-14,19,27-30,35H,15-18,20H2,1-4H3. The van der Waals surface area contributed by atoms with Crippen molar-refractivity contribution in [1.82, 2.24) is 15.1 Å². The summed E-state index contributed by atoms with van der Waals surface area (Å²) in [4.78, 5) is 47.1. The highest BCUT2D eigenvalue weighted by atomic mass is 35.5. The second kappa shape index (κ2) is 12.7. The molecule has 0 aliphatic carbocycles. The van der Waals surface area contributed by atoms with Crippen LogP contribution < -0.4 is 5.32 Å². The molecule has 1 N–H and O–H groups in total. The monoisotopic (exact) mass is 607 g/mol. The molecule has 9 heteroatoms. The largest absolute Gasteiger partial charge is 0.375 e. The van der Waals surface area contributed by atoms with E-state index < -0.39 is 23.9 Å². The Morgan fingerprint density at radius 1 is 0.976 bits per heavy atom. The van der Waals surface area contributed by atoms with Crippen molar-refractivity contribution >= 4 is 40.5 Å². The molecule has 2 aromatic carbocycles. The lowest BCUT2D eigenvalue weighted by Crippen LogP contribution is -2.55. The van der Waals surface area contributed by atoms with Crippen molar-refractivity contribution in [3.05, 3.63) is 92.6 Å². The highest BCUT2D eigenvalue weighted by Crippen LogP contribution is 2.52. The molecule has 2 aliphatic rings. The molecular weight excluding hydrogens is 570 g/mol. The summed E-state index contributed by atoms with van der Waals surface area (Å²) < 4.78 is 5.32.